The van der Waals surface area contributed by atoms with E-state index >= 15 is 0 Å². The Hall–Kier alpha value is -3.24. The molecule has 1 aromatic carbocycles. The van der Waals surface area contributed by atoms with Gasteiger partial charge in [-0.3, -0.25) is 4.90 Å². The van der Waals surface area contributed by atoms with Gasteiger partial charge >= 0.3 is 5.97 Å². The minimum absolute atomic E-state index is 0.142. The van der Waals surface area contributed by atoms with E-state index in [1.807, 2.05) is 31.2 Å². The number of carboxylic acids is 1. The quantitative estimate of drug-likeness (QED) is 0.274. The number of carboxylic acid groups (broad SMARTS) is 1. The number of carbonyl (C=O) groups is 1. The Morgan fingerprint density at radius 3 is 2.82 bits per heavy atom. The van der Waals surface area contributed by atoms with Gasteiger partial charge in [0.1, 0.15) is 12.4 Å². The number of benzene rings is 1. The van der Waals surface area contributed by atoms with E-state index < -0.39 is 5.97 Å². The monoisotopic (exact) mass is 564 g/mol. The highest BCUT2D eigenvalue weighted by Crippen LogP contribution is 2.29. The van der Waals surface area contributed by atoms with E-state index in [2.05, 4.69) is 15.5 Å². The lowest BCUT2D eigenvalue weighted by molar-refractivity contribution is -0.0591. The van der Waals surface area contributed by atoms with Crippen molar-refractivity contribution in [2.45, 2.75) is 45.6 Å². The van der Waals surface area contributed by atoms with Gasteiger partial charge in [-0.05, 0) is 55.7 Å². The van der Waals surface area contributed by atoms with Crippen molar-refractivity contribution >= 4 is 45.5 Å². The van der Waals surface area contributed by atoms with Gasteiger partial charge in [-0.25, -0.2) is 14.8 Å². The van der Waals surface area contributed by atoms with Crippen molar-refractivity contribution in [2.75, 3.05) is 19.7 Å². The second-order valence-electron chi connectivity index (χ2n) is 9.92. The molecular formula is C29H29ClN4O4S. The molecule has 39 heavy (non-hydrogen) atoms. The third kappa shape index (κ3) is 5.72. The molecule has 0 aliphatic carbocycles. The second-order valence-corrected chi connectivity index (χ2v) is 11.7. The zero-order valence-corrected chi connectivity index (χ0v) is 23.2. The molecule has 0 spiro atoms. The Balaban J connectivity index is 1.15. The van der Waals surface area contributed by atoms with Crippen molar-refractivity contribution in [1.29, 1.82) is 0 Å². The van der Waals surface area contributed by atoms with Gasteiger partial charge in [-0.1, -0.05) is 23.7 Å². The van der Waals surface area contributed by atoms with Gasteiger partial charge < -0.3 is 19.1 Å². The SMILES string of the molecule is Cc1cc(Cl)c(COc2cccc(C3=CCN(Cc4nc5ccc(C(=O)O)cc5n4C[C@@H]4CCO4)CC3)n2)s1. The summed E-state index contributed by atoms with van der Waals surface area (Å²) in [5.41, 5.74) is 4.04. The van der Waals surface area contributed by atoms with E-state index in [4.69, 9.17) is 31.0 Å². The molecule has 0 saturated carbocycles. The number of rotatable bonds is 9. The highest BCUT2D eigenvalue weighted by Gasteiger charge is 2.24. The first-order valence-electron chi connectivity index (χ1n) is 13.0. The Bertz CT molecular complexity index is 1560. The fraction of sp³-hybridized carbons (Fsp3) is 0.345. The maximum absolute atomic E-state index is 11.6. The summed E-state index contributed by atoms with van der Waals surface area (Å²) in [5.74, 6) is 0.579. The minimum atomic E-state index is -0.937. The summed E-state index contributed by atoms with van der Waals surface area (Å²) in [7, 11) is 0. The maximum Gasteiger partial charge on any atom is 0.335 e. The number of ether oxygens (including phenoxy) is 2. The van der Waals surface area contributed by atoms with E-state index in [0.717, 1.165) is 69.9 Å². The van der Waals surface area contributed by atoms with Gasteiger partial charge in [0, 0.05) is 30.6 Å². The fourth-order valence-electron chi connectivity index (χ4n) is 4.99. The molecule has 0 unspecified atom stereocenters. The molecule has 1 fully saturated rings. The van der Waals surface area contributed by atoms with Crippen LogP contribution in [0.1, 0.15) is 44.5 Å². The van der Waals surface area contributed by atoms with E-state index in [1.165, 1.54) is 5.57 Å². The van der Waals surface area contributed by atoms with Crippen molar-refractivity contribution in [3.05, 3.63) is 80.4 Å². The summed E-state index contributed by atoms with van der Waals surface area (Å²) in [6.45, 7) is 6.20. The molecule has 0 bridgehead atoms. The number of nitrogens with zero attached hydrogens (tertiary/aromatic N) is 4. The lowest BCUT2D eigenvalue weighted by Gasteiger charge is -2.29. The fourth-order valence-corrected chi connectivity index (χ4v) is 6.23. The number of thiophene rings is 1. The summed E-state index contributed by atoms with van der Waals surface area (Å²) < 4.78 is 13.8. The minimum Gasteiger partial charge on any atom is -0.478 e. The van der Waals surface area contributed by atoms with Crippen molar-refractivity contribution in [1.82, 2.24) is 19.4 Å². The van der Waals surface area contributed by atoms with Gasteiger partial charge in [0.15, 0.2) is 0 Å². The summed E-state index contributed by atoms with van der Waals surface area (Å²) in [6.07, 6.45) is 4.23. The van der Waals surface area contributed by atoms with Gasteiger partial charge in [0.05, 0.1) is 51.4 Å². The molecular weight excluding hydrogens is 536 g/mol. The van der Waals surface area contributed by atoms with Crippen LogP contribution >= 0.6 is 22.9 Å². The smallest absolute Gasteiger partial charge is 0.335 e. The Morgan fingerprint density at radius 1 is 1.26 bits per heavy atom. The number of imidazole rings is 1. The molecule has 3 aromatic heterocycles. The standard InChI is InChI=1S/C29H29ClN4O4S/c1-18-13-22(30)26(39-18)17-38-28-4-2-3-23(32-28)19-7-10-33(11-8-19)16-27-31-24-6-5-20(29(35)36)14-25(24)34(27)15-21-9-12-37-21/h2-7,13-14,21H,8-12,15-17H2,1H3,(H,35,36)/t21-/m0/s1. The predicted octanol–water partition coefficient (Wildman–Crippen LogP) is 5.81. The molecule has 6 rings (SSSR count). The van der Waals surface area contributed by atoms with Crippen LogP contribution in [0.3, 0.4) is 0 Å². The maximum atomic E-state index is 11.6. The zero-order valence-electron chi connectivity index (χ0n) is 21.6. The molecule has 5 heterocycles. The van der Waals surface area contributed by atoms with Crippen molar-refractivity contribution < 1.29 is 19.4 Å². The molecule has 2 aliphatic heterocycles. The van der Waals surface area contributed by atoms with E-state index in [9.17, 15) is 9.90 Å². The van der Waals surface area contributed by atoms with Crippen LogP contribution in [0.2, 0.25) is 5.02 Å². The van der Waals surface area contributed by atoms with Crippen LogP contribution in [0.15, 0.2) is 48.5 Å². The molecule has 1 N–H and O–H groups in total. The first-order chi connectivity index (χ1) is 18.9. The number of halogens is 1. The third-order valence-electron chi connectivity index (χ3n) is 7.20. The molecule has 4 aromatic rings. The normalized spacial score (nSPS) is 17.7. The Morgan fingerprint density at radius 2 is 2.13 bits per heavy atom. The zero-order chi connectivity index (χ0) is 26.9. The Kier molecular flexibility index (Phi) is 7.40. The van der Waals surface area contributed by atoms with Crippen LogP contribution in [0, 0.1) is 6.92 Å². The van der Waals surface area contributed by atoms with Crippen molar-refractivity contribution in [2.24, 2.45) is 0 Å². The lowest BCUT2D eigenvalue weighted by atomic mass is 10.0. The van der Waals surface area contributed by atoms with E-state index in [1.54, 1.807) is 29.5 Å². The third-order valence-corrected chi connectivity index (χ3v) is 8.67. The van der Waals surface area contributed by atoms with Gasteiger partial charge in [0.25, 0.3) is 0 Å². The average molecular weight is 565 g/mol. The lowest BCUT2D eigenvalue weighted by Crippen LogP contribution is -2.33. The second kappa shape index (κ2) is 11.1. The molecule has 1 atom stereocenters. The topological polar surface area (TPSA) is 89.7 Å². The highest BCUT2D eigenvalue weighted by molar-refractivity contribution is 7.12. The Labute approximate surface area is 235 Å². The van der Waals surface area contributed by atoms with E-state index in [0.29, 0.717) is 25.6 Å². The average Bonchev–Trinajstić information content (AvgIpc) is 3.42. The number of aromatic carboxylic acids is 1. The van der Waals surface area contributed by atoms with E-state index in [-0.39, 0.29) is 11.7 Å². The van der Waals surface area contributed by atoms with Crippen LogP contribution < -0.4 is 4.74 Å². The molecule has 0 radical (unpaired) electrons. The van der Waals surface area contributed by atoms with Crippen LogP contribution in [-0.2, 0) is 24.4 Å². The molecule has 2 aliphatic rings. The molecule has 0 amide bonds. The number of hydrogen-bond acceptors (Lipinski definition) is 7. The number of aromatic nitrogens is 3. The summed E-state index contributed by atoms with van der Waals surface area (Å²) in [5, 5.41) is 10.2. The summed E-state index contributed by atoms with van der Waals surface area (Å²) in [6, 6.07) is 13.0. The number of fused-ring (bicyclic) bond motifs is 1. The summed E-state index contributed by atoms with van der Waals surface area (Å²) >= 11 is 7.92. The number of aryl methyl sites for hydroxylation is 1. The molecule has 1 saturated heterocycles. The number of hydrogen-bond donors (Lipinski definition) is 1. The van der Waals surface area contributed by atoms with Crippen LogP contribution in [0.25, 0.3) is 16.6 Å². The first-order valence-corrected chi connectivity index (χ1v) is 14.2. The summed E-state index contributed by atoms with van der Waals surface area (Å²) in [4.78, 5) is 25.7. The highest BCUT2D eigenvalue weighted by atomic mass is 35.5. The van der Waals surface area contributed by atoms with Crippen LogP contribution in [0.4, 0.5) is 0 Å². The van der Waals surface area contributed by atoms with Crippen molar-refractivity contribution in [3.8, 4) is 5.88 Å². The molecule has 10 heteroatoms. The van der Waals surface area contributed by atoms with Gasteiger partial charge in [-0.15, -0.1) is 11.3 Å². The van der Waals surface area contributed by atoms with Gasteiger partial charge in [0.2, 0.25) is 5.88 Å². The van der Waals surface area contributed by atoms with Crippen molar-refractivity contribution in [3.63, 3.8) is 0 Å². The largest absolute Gasteiger partial charge is 0.478 e. The van der Waals surface area contributed by atoms with Crippen LogP contribution in [-0.4, -0.2) is 56.3 Å². The molecule has 8 nitrogen and oxygen atoms in total. The predicted molar refractivity (Wildman–Crippen MR) is 152 cm³/mol. The van der Waals surface area contributed by atoms with Crippen LogP contribution in [0.5, 0.6) is 5.88 Å². The first kappa shape index (κ1) is 26.0. The number of pyridine rings is 1. The van der Waals surface area contributed by atoms with Gasteiger partial charge in [-0.2, -0.15) is 0 Å². The molecule has 202 valence electrons.